The van der Waals surface area contributed by atoms with Crippen molar-refractivity contribution in [2.24, 2.45) is 0 Å². The smallest absolute Gasteiger partial charge is 0.244 e. The highest BCUT2D eigenvalue weighted by molar-refractivity contribution is 7.92. The van der Waals surface area contributed by atoms with E-state index in [1.165, 1.54) is 30.1 Å². The molecule has 10 heteroatoms. The van der Waals surface area contributed by atoms with E-state index in [4.69, 9.17) is 23.2 Å². The maximum absolute atomic E-state index is 13.2. The predicted octanol–water partition coefficient (Wildman–Crippen LogP) is 2.97. The third kappa shape index (κ3) is 6.85. The van der Waals surface area contributed by atoms with E-state index < -0.39 is 28.5 Å². The minimum Gasteiger partial charge on any atom is -0.357 e. The molecule has 2 amide bonds. The first kappa shape index (κ1) is 25.0. The molecule has 2 aromatic carbocycles. The minimum atomic E-state index is -3.86. The van der Waals surface area contributed by atoms with Gasteiger partial charge >= 0.3 is 0 Å². The Morgan fingerprint density at radius 2 is 1.74 bits per heavy atom. The molecule has 1 unspecified atom stereocenters. The van der Waals surface area contributed by atoms with Crippen molar-refractivity contribution in [1.82, 2.24) is 10.2 Å². The molecule has 0 spiro atoms. The van der Waals surface area contributed by atoms with Gasteiger partial charge in [0.15, 0.2) is 0 Å². The molecule has 2 aromatic rings. The highest BCUT2D eigenvalue weighted by Gasteiger charge is 2.30. The molecule has 7 nitrogen and oxygen atoms in total. The van der Waals surface area contributed by atoms with Gasteiger partial charge in [0.2, 0.25) is 21.8 Å². The number of benzene rings is 2. The minimum absolute atomic E-state index is 0.0978. The molecule has 2 rings (SSSR count). The van der Waals surface area contributed by atoms with E-state index in [1.54, 1.807) is 6.92 Å². The monoisotopic (exact) mass is 485 g/mol. The van der Waals surface area contributed by atoms with E-state index in [0.29, 0.717) is 6.42 Å². The van der Waals surface area contributed by atoms with Gasteiger partial charge in [-0.15, -0.1) is 0 Å². The third-order valence-electron chi connectivity index (χ3n) is 4.75. The molecular formula is C21H25Cl2N3O4S. The highest BCUT2D eigenvalue weighted by Crippen LogP contribution is 2.30. The number of nitrogens with zero attached hydrogens (tertiary/aromatic N) is 2. The SMILES string of the molecule is CNC(=O)C(C)N(CCc1ccccc1)C(=O)CN(c1cc(Cl)ccc1Cl)S(C)(=O)=O. The number of amides is 2. The lowest BCUT2D eigenvalue weighted by Crippen LogP contribution is -2.51. The number of anilines is 1. The number of hydrogen-bond donors (Lipinski definition) is 1. The van der Waals surface area contributed by atoms with Crippen molar-refractivity contribution in [2.75, 3.05) is 30.7 Å². The van der Waals surface area contributed by atoms with Gasteiger partial charge in [0.05, 0.1) is 17.0 Å². The van der Waals surface area contributed by atoms with Crippen LogP contribution in [0.5, 0.6) is 0 Å². The summed E-state index contributed by atoms with van der Waals surface area (Å²) >= 11 is 12.2. The van der Waals surface area contributed by atoms with Crippen LogP contribution in [0.3, 0.4) is 0 Å². The lowest BCUT2D eigenvalue weighted by Gasteiger charge is -2.31. The van der Waals surface area contributed by atoms with Crippen LogP contribution in [0.2, 0.25) is 10.0 Å². The summed E-state index contributed by atoms with van der Waals surface area (Å²) in [5, 5.41) is 2.94. The number of rotatable bonds is 9. The molecule has 31 heavy (non-hydrogen) atoms. The Hall–Kier alpha value is -2.29. The molecule has 0 saturated carbocycles. The van der Waals surface area contributed by atoms with Crippen LogP contribution in [-0.2, 0) is 26.0 Å². The quantitative estimate of drug-likeness (QED) is 0.591. The molecule has 1 N–H and O–H groups in total. The normalized spacial score (nSPS) is 12.2. The summed E-state index contributed by atoms with van der Waals surface area (Å²) in [4.78, 5) is 26.8. The zero-order valence-corrected chi connectivity index (χ0v) is 19.8. The van der Waals surface area contributed by atoms with Crippen molar-refractivity contribution in [3.05, 3.63) is 64.1 Å². The highest BCUT2D eigenvalue weighted by atomic mass is 35.5. The summed E-state index contributed by atoms with van der Waals surface area (Å²) in [6.07, 6.45) is 1.48. The summed E-state index contributed by atoms with van der Waals surface area (Å²) in [7, 11) is -2.38. The van der Waals surface area contributed by atoms with Crippen molar-refractivity contribution in [3.63, 3.8) is 0 Å². The lowest BCUT2D eigenvalue weighted by molar-refractivity contribution is -0.138. The summed E-state index contributed by atoms with van der Waals surface area (Å²) in [5.41, 5.74) is 1.09. The van der Waals surface area contributed by atoms with E-state index in [2.05, 4.69) is 5.32 Å². The first-order valence-corrected chi connectivity index (χ1v) is 12.1. The number of carbonyl (C=O) groups excluding carboxylic acids is 2. The zero-order valence-electron chi connectivity index (χ0n) is 17.5. The molecule has 0 heterocycles. The fraction of sp³-hybridized carbons (Fsp3) is 0.333. The van der Waals surface area contributed by atoms with Crippen LogP contribution in [0.1, 0.15) is 12.5 Å². The van der Waals surface area contributed by atoms with Crippen molar-refractivity contribution < 1.29 is 18.0 Å². The van der Waals surface area contributed by atoms with Crippen molar-refractivity contribution in [2.45, 2.75) is 19.4 Å². The largest absolute Gasteiger partial charge is 0.357 e. The standard InChI is InChI=1S/C21H25Cl2N3O4S/c1-15(21(28)24-2)25(12-11-16-7-5-4-6-8-16)20(27)14-26(31(3,29)30)19-13-17(22)9-10-18(19)23/h4-10,13,15H,11-12,14H2,1-3H3,(H,24,28). The van der Waals surface area contributed by atoms with Gasteiger partial charge in [0.1, 0.15) is 12.6 Å². The lowest BCUT2D eigenvalue weighted by atomic mass is 10.1. The number of nitrogens with one attached hydrogen (secondary N) is 1. The maximum Gasteiger partial charge on any atom is 0.244 e. The Morgan fingerprint density at radius 1 is 1.10 bits per heavy atom. The molecule has 0 aromatic heterocycles. The van der Waals surface area contributed by atoms with Crippen LogP contribution in [-0.4, -0.2) is 57.6 Å². The molecule has 0 saturated heterocycles. The summed E-state index contributed by atoms with van der Waals surface area (Å²) in [6, 6.07) is 13.1. The van der Waals surface area contributed by atoms with Crippen LogP contribution in [0, 0.1) is 0 Å². The molecule has 0 radical (unpaired) electrons. The summed E-state index contributed by atoms with van der Waals surface area (Å²) in [5.74, 6) is -0.887. The average molecular weight is 486 g/mol. The Bertz CT molecular complexity index is 1030. The Morgan fingerprint density at radius 3 is 2.32 bits per heavy atom. The number of halogens is 2. The number of carbonyl (C=O) groups is 2. The van der Waals surface area contributed by atoms with Gasteiger partial charge in [-0.25, -0.2) is 8.42 Å². The van der Waals surface area contributed by atoms with Gasteiger partial charge in [-0.1, -0.05) is 53.5 Å². The molecule has 1 atom stereocenters. The third-order valence-corrected chi connectivity index (χ3v) is 6.44. The fourth-order valence-electron chi connectivity index (χ4n) is 3.05. The average Bonchev–Trinajstić information content (AvgIpc) is 2.73. The second kappa shape index (κ2) is 10.8. The van der Waals surface area contributed by atoms with E-state index in [-0.39, 0.29) is 28.2 Å². The van der Waals surface area contributed by atoms with Crippen LogP contribution >= 0.6 is 23.2 Å². The van der Waals surface area contributed by atoms with Crippen LogP contribution in [0.15, 0.2) is 48.5 Å². The topological polar surface area (TPSA) is 86.8 Å². The van der Waals surface area contributed by atoms with E-state index in [1.807, 2.05) is 30.3 Å². The number of sulfonamides is 1. The first-order valence-electron chi connectivity index (χ1n) is 9.52. The van der Waals surface area contributed by atoms with Gasteiger partial charge in [-0.2, -0.15) is 0 Å². The predicted molar refractivity (Wildman–Crippen MR) is 124 cm³/mol. The molecule has 0 aliphatic heterocycles. The Balaban J connectivity index is 2.34. The molecule has 0 fully saturated rings. The van der Waals surface area contributed by atoms with Crippen LogP contribution in [0.4, 0.5) is 5.69 Å². The van der Waals surface area contributed by atoms with Gasteiger partial charge in [0.25, 0.3) is 0 Å². The van der Waals surface area contributed by atoms with Gasteiger partial charge < -0.3 is 10.2 Å². The second-order valence-electron chi connectivity index (χ2n) is 6.98. The molecule has 0 bridgehead atoms. The van der Waals surface area contributed by atoms with E-state index in [9.17, 15) is 18.0 Å². The van der Waals surface area contributed by atoms with Gasteiger partial charge in [0, 0.05) is 18.6 Å². The fourth-order valence-corrected chi connectivity index (χ4v) is 4.34. The summed E-state index contributed by atoms with van der Waals surface area (Å²) in [6.45, 7) is 1.31. The maximum atomic E-state index is 13.2. The zero-order chi connectivity index (χ0) is 23.2. The van der Waals surface area contributed by atoms with Crippen LogP contribution in [0.25, 0.3) is 0 Å². The van der Waals surface area contributed by atoms with Crippen molar-refractivity contribution in [1.29, 1.82) is 0 Å². The second-order valence-corrected chi connectivity index (χ2v) is 9.73. The summed E-state index contributed by atoms with van der Waals surface area (Å²) < 4.78 is 25.8. The van der Waals surface area contributed by atoms with Crippen molar-refractivity contribution >= 4 is 50.7 Å². The van der Waals surface area contributed by atoms with E-state index in [0.717, 1.165) is 16.1 Å². The number of likely N-dealkylation sites (N-methyl/N-ethyl adjacent to an activating group) is 1. The Labute approximate surface area is 193 Å². The Kier molecular flexibility index (Phi) is 8.73. The first-order chi connectivity index (χ1) is 14.5. The van der Waals surface area contributed by atoms with Crippen molar-refractivity contribution in [3.8, 4) is 0 Å². The van der Waals surface area contributed by atoms with Crippen LogP contribution < -0.4 is 9.62 Å². The molecule has 168 valence electrons. The van der Waals surface area contributed by atoms with Gasteiger partial charge in [-0.05, 0) is 37.1 Å². The molecular weight excluding hydrogens is 461 g/mol. The molecule has 0 aliphatic rings. The van der Waals surface area contributed by atoms with Gasteiger partial charge in [-0.3, -0.25) is 13.9 Å². The van der Waals surface area contributed by atoms with E-state index >= 15 is 0 Å². The molecule has 0 aliphatic carbocycles. The number of hydrogen-bond acceptors (Lipinski definition) is 4.